The van der Waals surface area contributed by atoms with E-state index in [1.54, 1.807) is 0 Å². The highest BCUT2D eigenvalue weighted by Gasteiger charge is 2.17. The molecule has 1 heteroatoms. The van der Waals surface area contributed by atoms with Crippen molar-refractivity contribution in [1.82, 2.24) is 0 Å². The summed E-state index contributed by atoms with van der Waals surface area (Å²) >= 11 is 3.60. The molecule has 0 nitrogen and oxygen atoms in total. The van der Waals surface area contributed by atoms with Crippen LogP contribution < -0.4 is 0 Å². The maximum absolute atomic E-state index is 3.60. The van der Waals surface area contributed by atoms with Crippen LogP contribution in [0, 0.1) is 0 Å². The summed E-state index contributed by atoms with van der Waals surface area (Å²) in [6.45, 7) is 0. The Labute approximate surface area is 133 Å². The molecule has 0 amide bonds. The molecule has 21 heavy (non-hydrogen) atoms. The highest BCUT2D eigenvalue weighted by atomic mass is 79.9. The Morgan fingerprint density at radius 3 is 2.57 bits per heavy atom. The van der Waals surface area contributed by atoms with Crippen LogP contribution in [-0.4, -0.2) is 0 Å². The van der Waals surface area contributed by atoms with Gasteiger partial charge in [0, 0.05) is 5.33 Å². The van der Waals surface area contributed by atoms with Crippen molar-refractivity contribution >= 4 is 38.4 Å². The average molecular weight is 335 g/mol. The Morgan fingerprint density at radius 2 is 1.67 bits per heavy atom. The van der Waals surface area contributed by atoms with Crippen LogP contribution >= 0.6 is 15.9 Å². The number of hydrogen-bond donors (Lipinski definition) is 0. The van der Waals surface area contributed by atoms with E-state index in [1.807, 2.05) is 0 Å². The maximum atomic E-state index is 3.60. The molecule has 0 saturated heterocycles. The lowest BCUT2D eigenvalue weighted by Crippen LogP contribution is -1.89. The number of rotatable bonds is 2. The van der Waals surface area contributed by atoms with Crippen LogP contribution in [0.4, 0.5) is 0 Å². The fourth-order valence-electron chi connectivity index (χ4n) is 3.23. The van der Waals surface area contributed by atoms with Crippen molar-refractivity contribution in [1.29, 1.82) is 0 Å². The molecule has 1 aliphatic rings. The minimum Gasteiger partial charge on any atom is -0.0876 e. The third kappa shape index (κ3) is 2.13. The third-order valence-corrected chi connectivity index (χ3v) is 4.87. The molecule has 0 N–H and O–H groups in total. The number of hydrogen-bond acceptors (Lipinski definition) is 0. The largest absolute Gasteiger partial charge is 0.0876 e. The molecule has 0 unspecified atom stereocenters. The SMILES string of the molecule is BrCc1cccc2c1C=C(c1cccc3ccccc13)C2. The zero-order chi connectivity index (χ0) is 14.2. The molecule has 0 aromatic heterocycles. The fourth-order valence-corrected chi connectivity index (χ4v) is 3.72. The summed E-state index contributed by atoms with van der Waals surface area (Å²) in [6, 6.07) is 21.8. The van der Waals surface area contributed by atoms with Gasteiger partial charge < -0.3 is 0 Å². The molecule has 102 valence electrons. The summed E-state index contributed by atoms with van der Waals surface area (Å²) in [5.41, 5.74) is 7.01. The van der Waals surface area contributed by atoms with Crippen LogP contribution in [0.15, 0.2) is 60.7 Å². The predicted molar refractivity (Wildman–Crippen MR) is 94.6 cm³/mol. The normalized spacial score (nSPS) is 13.3. The van der Waals surface area contributed by atoms with Crippen LogP contribution in [-0.2, 0) is 11.8 Å². The summed E-state index contributed by atoms with van der Waals surface area (Å²) in [5, 5.41) is 3.57. The Bertz CT molecular complexity index is 853. The Hall–Kier alpha value is -1.86. The van der Waals surface area contributed by atoms with E-state index in [4.69, 9.17) is 0 Å². The molecular weight excluding hydrogens is 320 g/mol. The summed E-state index contributed by atoms with van der Waals surface area (Å²) in [4.78, 5) is 0. The lowest BCUT2D eigenvalue weighted by atomic mass is 9.97. The summed E-state index contributed by atoms with van der Waals surface area (Å²) in [6.07, 6.45) is 3.40. The minimum absolute atomic E-state index is 0.912. The van der Waals surface area contributed by atoms with Crippen LogP contribution in [0.5, 0.6) is 0 Å². The van der Waals surface area contributed by atoms with Gasteiger partial charge in [-0.25, -0.2) is 0 Å². The van der Waals surface area contributed by atoms with Crippen molar-refractivity contribution in [2.75, 3.05) is 0 Å². The van der Waals surface area contributed by atoms with Gasteiger partial charge in [0.15, 0.2) is 0 Å². The maximum Gasteiger partial charge on any atom is 0.0289 e. The first-order chi connectivity index (χ1) is 10.4. The van der Waals surface area contributed by atoms with Gasteiger partial charge in [-0.2, -0.15) is 0 Å². The van der Waals surface area contributed by atoms with E-state index in [-0.39, 0.29) is 0 Å². The van der Waals surface area contributed by atoms with Crippen molar-refractivity contribution in [3.8, 4) is 0 Å². The van der Waals surface area contributed by atoms with Crippen LogP contribution in [0.1, 0.15) is 22.3 Å². The van der Waals surface area contributed by atoms with Crippen LogP contribution in [0.25, 0.3) is 22.4 Å². The zero-order valence-corrected chi connectivity index (χ0v) is 13.2. The van der Waals surface area contributed by atoms with Crippen molar-refractivity contribution in [2.24, 2.45) is 0 Å². The lowest BCUT2D eigenvalue weighted by Gasteiger charge is -2.07. The smallest absolute Gasteiger partial charge is 0.0289 e. The van der Waals surface area contributed by atoms with Crippen LogP contribution in [0.3, 0.4) is 0 Å². The van der Waals surface area contributed by atoms with Gasteiger partial charge in [0.2, 0.25) is 0 Å². The topological polar surface area (TPSA) is 0 Å². The molecule has 0 aliphatic heterocycles. The van der Waals surface area contributed by atoms with Gasteiger partial charge in [-0.05, 0) is 45.0 Å². The Balaban J connectivity index is 1.88. The van der Waals surface area contributed by atoms with Crippen molar-refractivity contribution < 1.29 is 0 Å². The molecule has 0 heterocycles. The van der Waals surface area contributed by atoms with Crippen molar-refractivity contribution in [2.45, 2.75) is 11.8 Å². The second-order valence-corrected chi connectivity index (χ2v) is 6.06. The van der Waals surface area contributed by atoms with Gasteiger partial charge in [-0.3, -0.25) is 0 Å². The summed E-state index contributed by atoms with van der Waals surface area (Å²) in [5.74, 6) is 0. The van der Waals surface area contributed by atoms with Gasteiger partial charge in [0.25, 0.3) is 0 Å². The van der Waals surface area contributed by atoms with Gasteiger partial charge in [0.1, 0.15) is 0 Å². The van der Waals surface area contributed by atoms with Crippen molar-refractivity contribution in [3.63, 3.8) is 0 Å². The van der Waals surface area contributed by atoms with Gasteiger partial charge in [-0.15, -0.1) is 0 Å². The Morgan fingerprint density at radius 1 is 0.857 bits per heavy atom. The highest BCUT2D eigenvalue weighted by Crippen LogP contribution is 2.36. The average Bonchev–Trinajstić information content (AvgIpc) is 2.98. The van der Waals surface area contributed by atoms with E-state index in [1.165, 1.54) is 38.6 Å². The standard InChI is InChI=1S/C20H15Br/c21-13-16-8-3-7-15-11-17(12-20(15)16)19-10-4-6-14-5-1-2-9-18(14)19/h1-10,12H,11,13H2. The molecule has 0 bridgehead atoms. The van der Waals surface area contributed by atoms with Crippen molar-refractivity contribution in [3.05, 3.63) is 82.9 Å². The molecular formula is C20H15Br. The second-order valence-electron chi connectivity index (χ2n) is 5.50. The number of benzene rings is 3. The molecule has 0 radical (unpaired) electrons. The quantitative estimate of drug-likeness (QED) is 0.517. The molecule has 0 spiro atoms. The second kappa shape index (κ2) is 5.16. The fraction of sp³-hybridized carbons (Fsp3) is 0.100. The summed E-state index contributed by atoms with van der Waals surface area (Å²) in [7, 11) is 0. The van der Waals surface area contributed by atoms with E-state index in [0.29, 0.717) is 0 Å². The number of fused-ring (bicyclic) bond motifs is 2. The first-order valence-corrected chi connectivity index (χ1v) is 8.34. The molecule has 0 saturated carbocycles. The lowest BCUT2D eigenvalue weighted by molar-refractivity contribution is 1.28. The first-order valence-electron chi connectivity index (χ1n) is 7.22. The third-order valence-electron chi connectivity index (χ3n) is 4.27. The van der Waals surface area contributed by atoms with Gasteiger partial charge in [-0.1, -0.05) is 82.7 Å². The van der Waals surface area contributed by atoms with E-state index in [9.17, 15) is 0 Å². The minimum atomic E-state index is 0.912. The molecule has 4 rings (SSSR count). The molecule has 0 atom stereocenters. The Kier molecular flexibility index (Phi) is 3.16. The number of halogens is 1. The molecule has 0 fully saturated rings. The van der Waals surface area contributed by atoms with E-state index in [0.717, 1.165) is 11.8 Å². The monoisotopic (exact) mass is 334 g/mol. The molecule has 3 aromatic rings. The van der Waals surface area contributed by atoms with Gasteiger partial charge >= 0.3 is 0 Å². The van der Waals surface area contributed by atoms with Gasteiger partial charge in [0.05, 0.1) is 0 Å². The number of allylic oxidation sites excluding steroid dienone is 1. The molecule has 1 aliphatic carbocycles. The number of alkyl halides is 1. The van der Waals surface area contributed by atoms with Crippen LogP contribution in [0.2, 0.25) is 0 Å². The summed E-state index contributed by atoms with van der Waals surface area (Å²) < 4.78 is 0. The predicted octanol–water partition coefficient (Wildman–Crippen LogP) is 5.83. The first kappa shape index (κ1) is 12.8. The van der Waals surface area contributed by atoms with E-state index >= 15 is 0 Å². The highest BCUT2D eigenvalue weighted by molar-refractivity contribution is 9.08. The molecule has 3 aromatic carbocycles. The zero-order valence-electron chi connectivity index (χ0n) is 11.6. The van der Waals surface area contributed by atoms with E-state index in [2.05, 4.69) is 82.7 Å². The van der Waals surface area contributed by atoms with E-state index < -0.39 is 0 Å².